The Balaban J connectivity index is 2.03. The molecule has 3 aromatic rings. The molecule has 3 rings (SSSR count). The van der Waals surface area contributed by atoms with Crippen molar-refractivity contribution >= 4 is 16.9 Å². The summed E-state index contributed by atoms with van der Waals surface area (Å²) in [6, 6.07) is 8.29. The van der Waals surface area contributed by atoms with E-state index in [4.69, 9.17) is 9.84 Å². The molecule has 0 bridgehead atoms. The summed E-state index contributed by atoms with van der Waals surface area (Å²) in [7, 11) is 1.64. The van der Waals surface area contributed by atoms with E-state index in [1.54, 1.807) is 31.3 Å². The van der Waals surface area contributed by atoms with E-state index < -0.39 is 18.7 Å². The molecule has 0 fully saturated rings. The first-order chi connectivity index (χ1) is 11.5. The highest BCUT2D eigenvalue weighted by Crippen LogP contribution is 2.31. The number of aryl methyl sites for hydroxylation is 1. The van der Waals surface area contributed by atoms with Gasteiger partial charge in [0.25, 0.3) is 0 Å². The van der Waals surface area contributed by atoms with Crippen molar-refractivity contribution in [2.24, 2.45) is 7.05 Å². The zero-order chi connectivity index (χ0) is 17.3. The maximum atomic E-state index is 11.3. The highest BCUT2D eigenvalue weighted by Gasteiger charge is 2.16. The van der Waals surface area contributed by atoms with Crippen LogP contribution in [0.2, 0.25) is 0 Å². The van der Waals surface area contributed by atoms with Crippen molar-refractivity contribution in [2.45, 2.75) is 6.10 Å². The van der Waals surface area contributed by atoms with E-state index in [-0.39, 0.29) is 17.4 Å². The molecular formula is C16H15N3O5. The first-order valence-electron chi connectivity index (χ1n) is 7.12. The van der Waals surface area contributed by atoms with E-state index in [1.165, 1.54) is 16.8 Å². The van der Waals surface area contributed by atoms with Crippen molar-refractivity contribution in [2.75, 3.05) is 6.61 Å². The predicted molar refractivity (Wildman–Crippen MR) is 84.0 cm³/mol. The Morgan fingerprint density at radius 2 is 2.17 bits per heavy atom. The van der Waals surface area contributed by atoms with Crippen LogP contribution in [-0.2, 0) is 7.05 Å². The van der Waals surface area contributed by atoms with Crippen molar-refractivity contribution < 1.29 is 24.9 Å². The van der Waals surface area contributed by atoms with E-state index in [1.807, 2.05) is 0 Å². The Bertz CT molecular complexity index is 906. The average molecular weight is 329 g/mol. The summed E-state index contributed by atoms with van der Waals surface area (Å²) < 4.78 is 7.27. The van der Waals surface area contributed by atoms with Crippen molar-refractivity contribution in [3.8, 4) is 11.6 Å². The molecule has 0 aliphatic heterocycles. The number of hydrogen-bond acceptors (Lipinski definition) is 6. The van der Waals surface area contributed by atoms with Crippen LogP contribution in [0.4, 0.5) is 0 Å². The largest absolute Gasteiger partial charge is 0.477 e. The maximum absolute atomic E-state index is 11.3. The van der Waals surface area contributed by atoms with E-state index in [9.17, 15) is 15.0 Å². The summed E-state index contributed by atoms with van der Waals surface area (Å²) >= 11 is 0. The van der Waals surface area contributed by atoms with Gasteiger partial charge in [0.05, 0.1) is 12.1 Å². The standard InChI is InChI=1S/C16H15N3O5/c1-19-10(16(22)23)7-9-3-2-4-12(14(9)19)24-13-5-6-17-15(18-13)11(21)8-20/h2-7,11,20-21H,8H2,1H3,(H,22,23). The van der Waals surface area contributed by atoms with Gasteiger partial charge in [-0.1, -0.05) is 12.1 Å². The molecule has 8 heteroatoms. The van der Waals surface area contributed by atoms with Gasteiger partial charge in [-0.15, -0.1) is 0 Å². The fourth-order valence-electron chi connectivity index (χ4n) is 2.43. The fourth-order valence-corrected chi connectivity index (χ4v) is 2.43. The number of aliphatic hydroxyl groups excluding tert-OH is 2. The number of ether oxygens (including phenoxy) is 1. The van der Waals surface area contributed by atoms with Gasteiger partial charge in [-0.2, -0.15) is 4.98 Å². The molecule has 0 spiro atoms. The van der Waals surface area contributed by atoms with E-state index in [2.05, 4.69) is 9.97 Å². The second-order valence-electron chi connectivity index (χ2n) is 5.14. The number of fused-ring (bicyclic) bond motifs is 1. The lowest BCUT2D eigenvalue weighted by atomic mass is 10.2. The van der Waals surface area contributed by atoms with Crippen LogP contribution in [0, 0.1) is 0 Å². The smallest absolute Gasteiger partial charge is 0.352 e. The molecule has 1 aromatic carbocycles. The topological polar surface area (TPSA) is 118 Å². The third-order valence-corrected chi connectivity index (χ3v) is 3.57. The molecule has 1 atom stereocenters. The summed E-state index contributed by atoms with van der Waals surface area (Å²) in [4.78, 5) is 19.2. The first kappa shape index (κ1) is 15.9. The second kappa shape index (κ2) is 6.26. The van der Waals surface area contributed by atoms with Crippen LogP contribution in [0.5, 0.6) is 11.6 Å². The molecule has 0 amide bonds. The van der Waals surface area contributed by atoms with Crippen molar-refractivity contribution in [1.29, 1.82) is 0 Å². The molecule has 0 saturated carbocycles. The summed E-state index contributed by atoms with van der Waals surface area (Å²) in [6.45, 7) is -0.501. The van der Waals surface area contributed by atoms with Gasteiger partial charge in [-0.3, -0.25) is 0 Å². The Labute approximate surface area is 136 Å². The number of para-hydroxylation sites is 1. The molecular weight excluding hydrogens is 314 g/mol. The van der Waals surface area contributed by atoms with Crippen molar-refractivity contribution in [3.63, 3.8) is 0 Å². The number of rotatable bonds is 5. The molecule has 124 valence electrons. The molecule has 0 aliphatic rings. The van der Waals surface area contributed by atoms with Crippen LogP contribution in [0.3, 0.4) is 0 Å². The molecule has 0 aliphatic carbocycles. The second-order valence-corrected chi connectivity index (χ2v) is 5.14. The Morgan fingerprint density at radius 1 is 1.38 bits per heavy atom. The van der Waals surface area contributed by atoms with Crippen LogP contribution in [0.25, 0.3) is 10.9 Å². The Hall–Kier alpha value is -2.97. The van der Waals surface area contributed by atoms with Gasteiger partial charge in [0.1, 0.15) is 11.8 Å². The SMILES string of the molecule is Cn1c(C(=O)O)cc2cccc(Oc3ccnc(C(O)CO)n3)c21. The Morgan fingerprint density at radius 3 is 2.88 bits per heavy atom. The van der Waals surface area contributed by atoms with E-state index >= 15 is 0 Å². The number of aromatic nitrogens is 3. The minimum absolute atomic E-state index is 0.0419. The summed E-state index contributed by atoms with van der Waals surface area (Å²) in [5.41, 5.74) is 0.748. The van der Waals surface area contributed by atoms with Crippen LogP contribution >= 0.6 is 0 Å². The molecule has 8 nitrogen and oxygen atoms in total. The number of aliphatic hydroxyl groups is 2. The molecule has 3 N–H and O–H groups in total. The monoisotopic (exact) mass is 329 g/mol. The molecule has 1 unspecified atom stereocenters. The number of carbonyl (C=O) groups is 1. The Kier molecular flexibility index (Phi) is 4.15. The quantitative estimate of drug-likeness (QED) is 0.649. The number of carboxylic acid groups (broad SMARTS) is 1. The number of hydrogen-bond donors (Lipinski definition) is 3. The maximum Gasteiger partial charge on any atom is 0.352 e. The average Bonchev–Trinajstić information content (AvgIpc) is 2.92. The molecule has 0 saturated heterocycles. The fraction of sp³-hybridized carbons (Fsp3) is 0.188. The zero-order valence-corrected chi connectivity index (χ0v) is 12.7. The lowest BCUT2D eigenvalue weighted by molar-refractivity contribution is 0.0687. The van der Waals surface area contributed by atoms with Gasteiger partial charge < -0.3 is 24.6 Å². The lowest BCUT2D eigenvalue weighted by Gasteiger charge is -2.10. The van der Waals surface area contributed by atoms with Gasteiger partial charge >= 0.3 is 5.97 Å². The van der Waals surface area contributed by atoms with Crippen molar-refractivity contribution in [1.82, 2.24) is 14.5 Å². The van der Waals surface area contributed by atoms with Crippen LogP contribution in [0.15, 0.2) is 36.5 Å². The number of benzene rings is 1. The molecule has 2 aromatic heterocycles. The predicted octanol–water partition coefficient (Wildman–Crippen LogP) is 1.48. The summed E-state index contributed by atoms with van der Waals surface area (Å²) in [6.07, 6.45) is 0.211. The molecule has 2 heterocycles. The van der Waals surface area contributed by atoms with Crippen LogP contribution in [0.1, 0.15) is 22.4 Å². The number of nitrogens with zero attached hydrogens (tertiary/aromatic N) is 3. The van der Waals surface area contributed by atoms with Gasteiger partial charge in [0, 0.05) is 24.7 Å². The number of aromatic carboxylic acids is 1. The zero-order valence-electron chi connectivity index (χ0n) is 12.7. The van der Waals surface area contributed by atoms with Crippen LogP contribution in [-0.4, -0.2) is 42.4 Å². The summed E-state index contributed by atoms with van der Waals surface area (Å²) in [5, 5.41) is 28.5. The van der Waals surface area contributed by atoms with Crippen LogP contribution < -0.4 is 4.74 Å². The normalized spacial score (nSPS) is 12.3. The third kappa shape index (κ3) is 2.80. The minimum atomic E-state index is -1.20. The third-order valence-electron chi connectivity index (χ3n) is 3.57. The van der Waals surface area contributed by atoms with Crippen molar-refractivity contribution in [3.05, 3.63) is 48.0 Å². The highest BCUT2D eigenvalue weighted by molar-refractivity contribution is 5.96. The van der Waals surface area contributed by atoms with Gasteiger partial charge in [-0.05, 0) is 12.1 Å². The van der Waals surface area contributed by atoms with Gasteiger partial charge in [0.15, 0.2) is 11.6 Å². The molecule has 0 radical (unpaired) electrons. The van der Waals surface area contributed by atoms with Gasteiger partial charge in [-0.25, -0.2) is 9.78 Å². The minimum Gasteiger partial charge on any atom is -0.477 e. The molecule has 24 heavy (non-hydrogen) atoms. The lowest BCUT2D eigenvalue weighted by Crippen LogP contribution is -2.08. The summed E-state index contributed by atoms with van der Waals surface area (Å²) in [5.74, 6) is -0.390. The first-order valence-corrected chi connectivity index (χ1v) is 7.12. The number of carboxylic acids is 1. The highest BCUT2D eigenvalue weighted by atomic mass is 16.5. The van der Waals surface area contributed by atoms with E-state index in [0.29, 0.717) is 11.3 Å². The van der Waals surface area contributed by atoms with Gasteiger partial charge in [0.2, 0.25) is 5.88 Å². The van der Waals surface area contributed by atoms with E-state index in [0.717, 1.165) is 5.39 Å².